The van der Waals surface area contributed by atoms with Crippen molar-refractivity contribution in [1.82, 2.24) is 0 Å². The predicted molar refractivity (Wildman–Crippen MR) is 72.0 cm³/mol. The molecule has 17 heavy (non-hydrogen) atoms. The molecular weight excluding hydrogens is 232 g/mol. The molecule has 0 bridgehead atoms. The van der Waals surface area contributed by atoms with E-state index in [0.717, 1.165) is 27.5 Å². The first-order chi connectivity index (χ1) is 8.34. The molecule has 0 aliphatic carbocycles. The van der Waals surface area contributed by atoms with E-state index in [1.165, 1.54) is 0 Å². The second-order valence-corrected chi connectivity index (χ2v) is 4.33. The molecule has 84 valence electrons. The summed E-state index contributed by atoms with van der Waals surface area (Å²) < 4.78 is 0. The monoisotopic (exact) mass is 242 g/mol. The van der Waals surface area contributed by atoms with Gasteiger partial charge < -0.3 is 5.32 Å². The number of rotatable bonds is 1. The summed E-state index contributed by atoms with van der Waals surface area (Å²) in [4.78, 5) is 4.53. The van der Waals surface area contributed by atoms with Gasteiger partial charge in [0.25, 0.3) is 0 Å². The van der Waals surface area contributed by atoms with Gasteiger partial charge in [0.15, 0.2) is 0 Å². The fourth-order valence-corrected chi connectivity index (χ4v) is 2.17. The van der Waals surface area contributed by atoms with Crippen molar-refractivity contribution in [3.05, 3.63) is 64.7 Å². The molecule has 2 nitrogen and oxygen atoms in total. The molecule has 1 heterocycles. The van der Waals surface area contributed by atoms with Crippen molar-refractivity contribution >= 4 is 23.0 Å². The SMILES string of the molecule is Clc1ccc2c(c1)C(c1ccccc1)=NCN2. The number of fused-ring (bicyclic) bond motifs is 1. The van der Waals surface area contributed by atoms with Gasteiger partial charge in [0, 0.05) is 21.8 Å². The van der Waals surface area contributed by atoms with Crippen molar-refractivity contribution in [2.24, 2.45) is 4.99 Å². The summed E-state index contributed by atoms with van der Waals surface area (Å²) in [6.45, 7) is 0.610. The van der Waals surface area contributed by atoms with Crippen LogP contribution in [0, 0.1) is 0 Å². The van der Waals surface area contributed by atoms with Gasteiger partial charge in [-0.05, 0) is 18.2 Å². The van der Waals surface area contributed by atoms with Gasteiger partial charge in [-0.1, -0.05) is 41.9 Å². The highest BCUT2D eigenvalue weighted by Gasteiger charge is 2.15. The minimum Gasteiger partial charge on any atom is -0.366 e. The molecule has 0 radical (unpaired) electrons. The predicted octanol–water partition coefficient (Wildman–Crippen LogP) is 3.56. The van der Waals surface area contributed by atoms with Crippen molar-refractivity contribution in [2.45, 2.75) is 0 Å². The van der Waals surface area contributed by atoms with E-state index in [-0.39, 0.29) is 0 Å². The molecule has 0 aromatic heterocycles. The minimum atomic E-state index is 0.610. The summed E-state index contributed by atoms with van der Waals surface area (Å²) in [5, 5.41) is 3.98. The standard InChI is InChI=1S/C14H11ClN2/c15-11-6-7-13-12(8-11)14(17-9-16-13)10-4-2-1-3-5-10/h1-8,16H,9H2. The molecule has 3 heteroatoms. The fourth-order valence-electron chi connectivity index (χ4n) is 2.00. The zero-order valence-electron chi connectivity index (χ0n) is 9.15. The van der Waals surface area contributed by atoms with Crippen molar-refractivity contribution < 1.29 is 0 Å². The van der Waals surface area contributed by atoms with Crippen LogP contribution in [0.4, 0.5) is 5.69 Å². The summed E-state index contributed by atoms with van der Waals surface area (Å²) in [6.07, 6.45) is 0. The molecule has 0 atom stereocenters. The molecular formula is C14H11ClN2. The fraction of sp³-hybridized carbons (Fsp3) is 0.0714. The van der Waals surface area contributed by atoms with Gasteiger partial charge in [-0.3, -0.25) is 4.99 Å². The van der Waals surface area contributed by atoms with Crippen LogP contribution in [0.15, 0.2) is 53.5 Å². The highest BCUT2D eigenvalue weighted by molar-refractivity contribution is 6.31. The van der Waals surface area contributed by atoms with Gasteiger partial charge in [-0.15, -0.1) is 0 Å². The molecule has 1 N–H and O–H groups in total. The van der Waals surface area contributed by atoms with E-state index in [9.17, 15) is 0 Å². The van der Waals surface area contributed by atoms with Gasteiger partial charge in [-0.25, -0.2) is 0 Å². The van der Waals surface area contributed by atoms with Crippen LogP contribution in [0.3, 0.4) is 0 Å². The first-order valence-electron chi connectivity index (χ1n) is 5.48. The number of nitrogens with one attached hydrogen (secondary N) is 1. The maximum atomic E-state index is 6.05. The lowest BCUT2D eigenvalue weighted by atomic mass is 9.99. The molecule has 3 rings (SSSR count). The number of nitrogens with zero attached hydrogens (tertiary/aromatic N) is 1. The molecule has 2 aromatic rings. The first kappa shape index (κ1) is 10.4. The number of aliphatic imine (C=N–C) groups is 1. The molecule has 2 aromatic carbocycles. The number of halogens is 1. The molecule has 0 saturated heterocycles. The lowest BCUT2D eigenvalue weighted by Crippen LogP contribution is -2.16. The largest absolute Gasteiger partial charge is 0.366 e. The summed E-state index contributed by atoms with van der Waals surface area (Å²) in [6, 6.07) is 16.0. The van der Waals surface area contributed by atoms with Crippen LogP contribution in [0.2, 0.25) is 5.02 Å². The number of hydrogen-bond acceptors (Lipinski definition) is 2. The molecule has 0 saturated carbocycles. The quantitative estimate of drug-likeness (QED) is 0.813. The summed E-state index contributed by atoms with van der Waals surface area (Å²) in [5.41, 5.74) is 4.28. The van der Waals surface area contributed by atoms with Crippen LogP contribution >= 0.6 is 11.6 Å². The van der Waals surface area contributed by atoms with Gasteiger partial charge in [-0.2, -0.15) is 0 Å². The van der Waals surface area contributed by atoms with E-state index < -0.39 is 0 Å². The normalized spacial score (nSPS) is 13.6. The van der Waals surface area contributed by atoms with Crippen LogP contribution in [0.5, 0.6) is 0 Å². The Hall–Kier alpha value is -1.80. The molecule has 0 spiro atoms. The van der Waals surface area contributed by atoms with E-state index in [2.05, 4.69) is 22.4 Å². The smallest absolute Gasteiger partial charge is 0.108 e. The molecule has 0 unspecified atom stereocenters. The van der Waals surface area contributed by atoms with Crippen LogP contribution in [0.1, 0.15) is 11.1 Å². The lowest BCUT2D eigenvalue weighted by molar-refractivity contribution is 1.11. The molecule has 0 amide bonds. The van der Waals surface area contributed by atoms with E-state index in [1.807, 2.05) is 36.4 Å². The number of anilines is 1. The Bertz CT molecular complexity index is 576. The van der Waals surface area contributed by atoms with Gasteiger partial charge >= 0.3 is 0 Å². The van der Waals surface area contributed by atoms with Crippen LogP contribution in [0.25, 0.3) is 0 Å². The average Bonchev–Trinajstić information content (AvgIpc) is 2.39. The lowest BCUT2D eigenvalue weighted by Gasteiger charge is -2.18. The van der Waals surface area contributed by atoms with Crippen molar-refractivity contribution in [2.75, 3.05) is 12.0 Å². The van der Waals surface area contributed by atoms with Gasteiger partial charge in [0.2, 0.25) is 0 Å². The maximum Gasteiger partial charge on any atom is 0.108 e. The third-order valence-electron chi connectivity index (χ3n) is 2.79. The van der Waals surface area contributed by atoms with E-state index in [1.54, 1.807) is 0 Å². The van der Waals surface area contributed by atoms with Crippen LogP contribution < -0.4 is 5.32 Å². The molecule has 1 aliphatic heterocycles. The highest BCUT2D eigenvalue weighted by atomic mass is 35.5. The average molecular weight is 243 g/mol. The summed E-state index contributed by atoms with van der Waals surface area (Å²) in [5.74, 6) is 0. The molecule has 0 fully saturated rings. The zero-order valence-corrected chi connectivity index (χ0v) is 9.91. The second-order valence-electron chi connectivity index (χ2n) is 3.90. The Morgan fingerprint density at radius 2 is 1.88 bits per heavy atom. The summed E-state index contributed by atoms with van der Waals surface area (Å²) >= 11 is 6.05. The number of benzene rings is 2. The van der Waals surface area contributed by atoms with Crippen LogP contribution in [-0.4, -0.2) is 12.4 Å². The van der Waals surface area contributed by atoms with E-state index in [0.29, 0.717) is 6.67 Å². The Morgan fingerprint density at radius 1 is 1.06 bits per heavy atom. The van der Waals surface area contributed by atoms with Crippen LogP contribution in [-0.2, 0) is 0 Å². The Kier molecular flexibility index (Phi) is 2.57. The van der Waals surface area contributed by atoms with Crippen molar-refractivity contribution in [3.8, 4) is 0 Å². The molecule has 1 aliphatic rings. The minimum absolute atomic E-state index is 0.610. The first-order valence-corrected chi connectivity index (χ1v) is 5.86. The van der Waals surface area contributed by atoms with Gasteiger partial charge in [0.05, 0.1) is 5.71 Å². The maximum absolute atomic E-state index is 6.05. The van der Waals surface area contributed by atoms with E-state index in [4.69, 9.17) is 11.6 Å². The Balaban J connectivity index is 2.14. The Labute approximate surface area is 105 Å². The third-order valence-corrected chi connectivity index (χ3v) is 3.03. The Morgan fingerprint density at radius 3 is 2.71 bits per heavy atom. The third kappa shape index (κ3) is 1.92. The van der Waals surface area contributed by atoms with E-state index >= 15 is 0 Å². The number of hydrogen-bond donors (Lipinski definition) is 1. The van der Waals surface area contributed by atoms with Crippen molar-refractivity contribution in [1.29, 1.82) is 0 Å². The topological polar surface area (TPSA) is 24.4 Å². The summed E-state index contributed by atoms with van der Waals surface area (Å²) in [7, 11) is 0. The zero-order chi connectivity index (χ0) is 11.7. The second kappa shape index (κ2) is 4.22. The van der Waals surface area contributed by atoms with Crippen molar-refractivity contribution in [3.63, 3.8) is 0 Å². The highest BCUT2D eigenvalue weighted by Crippen LogP contribution is 2.26. The van der Waals surface area contributed by atoms with Gasteiger partial charge in [0.1, 0.15) is 6.67 Å².